The van der Waals surface area contributed by atoms with Gasteiger partial charge in [0.15, 0.2) is 6.10 Å². The van der Waals surface area contributed by atoms with Crippen molar-refractivity contribution in [1.82, 2.24) is 10.3 Å². The van der Waals surface area contributed by atoms with Crippen molar-refractivity contribution in [3.8, 4) is 0 Å². The van der Waals surface area contributed by atoms with E-state index >= 15 is 0 Å². The normalized spacial score (nSPS) is 11.9. The predicted octanol–water partition coefficient (Wildman–Crippen LogP) is 4.39. The van der Waals surface area contributed by atoms with Crippen LogP contribution in [0.4, 0.5) is 0 Å². The number of nitrogens with one attached hydrogen (secondary N) is 2. The van der Waals surface area contributed by atoms with Crippen LogP contribution < -0.4 is 5.32 Å². The van der Waals surface area contributed by atoms with E-state index in [4.69, 9.17) is 16.3 Å². The SMILES string of the molecule is CC(OC(=O)CCCc1c[nH]c2ccccc12)C(=O)NCc1ccccc1Cl. The van der Waals surface area contributed by atoms with E-state index in [0.717, 1.165) is 17.5 Å². The van der Waals surface area contributed by atoms with E-state index in [1.54, 1.807) is 13.0 Å². The summed E-state index contributed by atoms with van der Waals surface area (Å²) in [6.45, 7) is 1.86. The van der Waals surface area contributed by atoms with Gasteiger partial charge in [-0.25, -0.2) is 0 Å². The number of para-hydroxylation sites is 1. The van der Waals surface area contributed by atoms with Gasteiger partial charge in [-0.3, -0.25) is 9.59 Å². The highest BCUT2D eigenvalue weighted by Crippen LogP contribution is 2.19. The van der Waals surface area contributed by atoms with E-state index in [0.29, 0.717) is 18.0 Å². The van der Waals surface area contributed by atoms with Gasteiger partial charge in [-0.2, -0.15) is 0 Å². The van der Waals surface area contributed by atoms with Crippen molar-refractivity contribution in [3.63, 3.8) is 0 Å². The summed E-state index contributed by atoms with van der Waals surface area (Å²) in [5, 5.41) is 4.50. The Bertz CT molecular complexity index is 967. The third kappa shape index (κ3) is 5.14. The third-order valence-corrected chi connectivity index (χ3v) is 4.96. The first kappa shape index (κ1) is 20.0. The molecule has 0 aliphatic heterocycles. The lowest BCUT2D eigenvalue weighted by Gasteiger charge is -2.14. The lowest BCUT2D eigenvalue weighted by molar-refractivity contribution is -0.154. The minimum absolute atomic E-state index is 0.266. The number of carbonyl (C=O) groups excluding carboxylic acids is 2. The molecule has 0 saturated heterocycles. The molecule has 1 amide bonds. The fourth-order valence-corrected chi connectivity index (χ4v) is 3.24. The molecule has 0 radical (unpaired) electrons. The van der Waals surface area contributed by atoms with Crippen molar-refractivity contribution < 1.29 is 14.3 Å². The van der Waals surface area contributed by atoms with Crippen LogP contribution in [0.2, 0.25) is 5.02 Å². The van der Waals surface area contributed by atoms with Crippen LogP contribution in [0.25, 0.3) is 10.9 Å². The zero-order valence-corrected chi connectivity index (χ0v) is 16.5. The standard InChI is InChI=1S/C22H23ClN2O3/c1-15(22(27)25-14-17-7-2-4-10-19(17)23)28-21(26)12-6-8-16-13-24-20-11-5-3-9-18(16)20/h2-5,7,9-11,13,15,24H,6,8,12,14H2,1H3,(H,25,27). The Morgan fingerprint density at radius 2 is 1.86 bits per heavy atom. The van der Waals surface area contributed by atoms with Crippen LogP contribution >= 0.6 is 11.6 Å². The number of carbonyl (C=O) groups is 2. The summed E-state index contributed by atoms with van der Waals surface area (Å²) in [4.78, 5) is 27.4. The van der Waals surface area contributed by atoms with Gasteiger partial charge in [0.2, 0.25) is 0 Å². The number of hydrogen-bond acceptors (Lipinski definition) is 3. The highest BCUT2D eigenvalue weighted by molar-refractivity contribution is 6.31. The first-order valence-electron chi connectivity index (χ1n) is 9.30. The molecule has 1 unspecified atom stereocenters. The van der Waals surface area contributed by atoms with Crippen molar-refractivity contribution in [1.29, 1.82) is 0 Å². The maximum atomic E-state index is 12.1. The molecule has 0 bridgehead atoms. The molecule has 6 heteroatoms. The number of halogens is 1. The molecule has 3 aromatic rings. The molecule has 1 heterocycles. The van der Waals surface area contributed by atoms with Gasteiger partial charge in [0.25, 0.3) is 5.91 Å². The molecule has 0 aliphatic carbocycles. The van der Waals surface area contributed by atoms with E-state index in [-0.39, 0.29) is 18.3 Å². The van der Waals surface area contributed by atoms with Gasteiger partial charge in [0.05, 0.1) is 0 Å². The van der Waals surface area contributed by atoms with Crippen LogP contribution in [-0.4, -0.2) is 23.0 Å². The average molecular weight is 399 g/mol. The second kappa shape index (κ2) is 9.42. The Balaban J connectivity index is 1.41. The first-order chi connectivity index (χ1) is 13.5. The fourth-order valence-electron chi connectivity index (χ4n) is 3.04. The minimum Gasteiger partial charge on any atom is -0.453 e. The Labute approximate surface area is 169 Å². The fraction of sp³-hybridized carbons (Fsp3) is 0.273. The van der Waals surface area contributed by atoms with Crippen LogP contribution in [0.1, 0.15) is 30.9 Å². The lowest BCUT2D eigenvalue weighted by atomic mass is 10.1. The van der Waals surface area contributed by atoms with E-state index in [1.165, 1.54) is 10.9 Å². The van der Waals surface area contributed by atoms with E-state index in [1.807, 2.05) is 42.6 Å². The number of rotatable bonds is 8. The van der Waals surface area contributed by atoms with Gasteiger partial charge >= 0.3 is 5.97 Å². The van der Waals surface area contributed by atoms with Gasteiger partial charge in [0.1, 0.15) is 0 Å². The quantitative estimate of drug-likeness (QED) is 0.553. The average Bonchev–Trinajstić information content (AvgIpc) is 3.10. The van der Waals surface area contributed by atoms with Gasteiger partial charge in [-0.1, -0.05) is 48.0 Å². The van der Waals surface area contributed by atoms with Crippen LogP contribution in [-0.2, 0) is 27.3 Å². The molecular weight excluding hydrogens is 376 g/mol. The van der Waals surface area contributed by atoms with Gasteiger partial charge in [-0.15, -0.1) is 0 Å². The summed E-state index contributed by atoms with van der Waals surface area (Å²) >= 11 is 6.07. The summed E-state index contributed by atoms with van der Waals surface area (Å²) in [6, 6.07) is 15.3. The second-order valence-corrected chi connectivity index (χ2v) is 7.06. The van der Waals surface area contributed by atoms with E-state index in [2.05, 4.69) is 16.4 Å². The van der Waals surface area contributed by atoms with Gasteiger partial charge in [0, 0.05) is 35.1 Å². The van der Waals surface area contributed by atoms with Crippen molar-refractivity contribution in [2.75, 3.05) is 0 Å². The molecule has 1 atom stereocenters. The number of aromatic amines is 1. The lowest BCUT2D eigenvalue weighted by Crippen LogP contribution is -2.35. The third-order valence-electron chi connectivity index (χ3n) is 4.59. The molecule has 0 saturated carbocycles. The number of H-pyrrole nitrogens is 1. The number of ether oxygens (including phenoxy) is 1. The van der Waals surface area contributed by atoms with Crippen LogP contribution in [0.15, 0.2) is 54.7 Å². The summed E-state index contributed by atoms with van der Waals surface area (Å²) in [5.74, 6) is -0.717. The number of hydrogen-bond donors (Lipinski definition) is 2. The second-order valence-electron chi connectivity index (χ2n) is 6.65. The largest absolute Gasteiger partial charge is 0.453 e. The van der Waals surface area contributed by atoms with Crippen LogP contribution in [0, 0.1) is 0 Å². The molecule has 3 rings (SSSR count). The van der Waals surface area contributed by atoms with E-state index < -0.39 is 6.10 Å². The summed E-state index contributed by atoms with van der Waals surface area (Å²) in [7, 11) is 0. The molecule has 0 fully saturated rings. The molecule has 2 N–H and O–H groups in total. The zero-order chi connectivity index (χ0) is 19.9. The monoisotopic (exact) mass is 398 g/mol. The molecule has 5 nitrogen and oxygen atoms in total. The van der Waals surface area contributed by atoms with E-state index in [9.17, 15) is 9.59 Å². The summed E-state index contributed by atoms with van der Waals surface area (Å²) in [6.07, 6.45) is 2.83. The molecule has 146 valence electrons. The van der Waals surface area contributed by atoms with Gasteiger partial charge in [-0.05, 0) is 43.0 Å². The highest BCUT2D eigenvalue weighted by atomic mass is 35.5. The van der Waals surface area contributed by atoms with Crippen molar-refractivity contribution in [2.24, 2.45) is 0 Å². The number of aromatic nitrogens is 1. The Kier molecular flexibility index (Phi) is 6.71. The number of amides is 1. The number of esters is 1. The predicted molar refractivity (Wildman–Crippen MR) is 110 cm³/mol. The molecule has 28 heavy (non-hydrogen) atoms. The van der Waals surface area contributed by atoms with Crippen molar-refractivity contribution in [3.05, 3.63) is 70.9 Å². The van der Waals surface area contributed by atoms with Crippen molar-refractivity contribution >= 4 is 34.4 Å². The smallest absolute Gasteiger partial charge is 0.306 e. The maximum Gasteiger partial charge on any atom is 0.306 e. The Morgan fingerprint density at radius 1 is 1.11 bits per heavy atom. The molecule has 0 spiro atoms. The molecule has 1 aromatic heterocycles. The number of aryl methyl sites for hydroxylation is 1. The molecule has 2 aromatic carbocycles. The molecular formula is C22H23ClN2O3. The summed E-state index contributed by atoms with van der Waals surface area (Å²) < 4.78 is 5.25. The van der Waals surface area contributed by atoms with Crippen molar-refractivity contribution in [2.45, 2.75) is 38.8 Å². The number of fused-ring (bicyclic) bond motifs is 1. The summed E-state index contributed by atoms with van der Waals surface area (Å²) in [5.41, 5.74) is 3.08. The maximum absolute atomic E-state index is 12.1. The minimum atomic E-state index is -0.844. The highest BCUT2D eigenvalue weighted by Gasteiger charge is 2.17. The zero-order valence-electron chi connectivity index (χ0n) is 15.7. The Hall–Kier alpha value is -2.79. The topological polar surface area (TPSA) is 71.2 Å². The van der Waals surface area contributed by atoms with Crippen LogP contribution in [0.5, 0.6) is 0 Å². The first-order valence-corrected chi connectivity index (χ1v) is 9.68. The Morgan fingerprint density at radius 3 is 2.68 bits per heavy atom. The van der Waals surface area contributed by atoms with Gasteiger partial charge < -0.3 is 15.0 Å². The molecule has 0 aliphatic rings. The van der Waals surface area contributed by atoms with Crippen LogP contribution in [0.3, 0.4) is 0 Å². The number of benzene rings is 2.